The van der Waals surface area contributed by atoms with Crippen LogP contribution in [0.5, 0.6) is 0 Å². The summed E-state index contributed by atoms with van der Waals surface area (Å²) in [5, 5.41) is 3.07. The van der Waals surface area contributed by atoms with Gasteiger partial charge < -0.3 is 10.2 Å². The van der Waals surface area contributed by atoms with E-state index in [1.54, 1.807) is 30.3 Å². The lowest BCUT2D eigenvalue weighted by Crippen LogP contribution is -2.33. The van der Waals surface area contributed by atoms with Gasteiger partial charge in [-0.1, -0.05) is 42.5 Å². The third-order valence-electron chi connectivity index (χ3n) is 3.70. The Morgan fingerprint density at radius 1 is 1.04 bits per heavy atom. The number of hydrogen-bond acceptors (Lipinski definition) is 3. The normalized spacial score (nSPS) is 12.0. The van der Waals surface area contributed by atoms with Crippen LogP contribution < -0.4 is 11.1 Å². The van der Waals surface area contributed by atoms with Crippen LogP contribution in [0.2, 0.25) is 0 Å². The maximum atomic E-state index is 13.8. The predicted molar refractivity (Wildman–Crippen MR) is 89.3 cm³/mol. The first-order chi connectivity index (χ1) is 11.6. The average Bonchev–Trinajstić information content (AvgIpc) is 3.05. The maximum Gasteiger partial charge on any atom is 0.239 e. The average molecular weight is 324 g/mol. The standard InChI is InChI=1S/C19H17FN2O2/c20-16-9-5-4-8-15(16)17-11-10-14(24-17)12-22-18(19(21)23)13-6-2-1-3-7-13/h1-11,18,22H,12H2,(H2,21,23). The van der Waals surface area contributed by atoms with Gasteiger partial charge >= 0.3 is 0 Å². The molecule has 0 fully saturated rings. The molecule has 0 saturated heterocycles. The molecule has 24 heavy (non-hydrogen) atoms. The lowest BCUT2D eigenvalue weighted by molar-refractivity contribution is -0.120. The van der Waals surface area contributed by atoms with Crippen molar-refractivity contribution in [1.29, 1.82) is 0 Å². The van der Waals surface area contributed by atoms with Crippen LogP contribution in [0.3, 0.4) is 0 Å². The minimum absolute atomic E-state index is 0.303. The molecule has 0 radical (unpaired) electrons. The van der Waals surface area contributed by atoms with Crippen LogP contribution in [-0.4, -0.2) is 5.91 Å². The highest BCUT2D eigenvalue weighted by atomic mass is 19.1. The minimum Gasteiger partial charge on any atom is -0.460 e. The molecule has 0 saturated carbocycles. The van der Waals surface area contributed by atoms with Gasteiger partial charge in [0.25, 0.3) is 0 Å². The highest BCUT2D eigenvalue weighted by Crippen LogP contribution is 2.25. The Morgan fingerprint density at radius 3 is 2.46 bits per heavy atom. The fraction of sp³-hybridized carbons (Fsp3) is 0.105. The molecule has 1 amide bonds. The summed E-state index contributed by atoms with van der Waals surface area (Å²) in [5.74, 6) is 0.225. The molecule has 1 atom stereocenters. The molecule has 0 aliphatic carbocycles. The van der Waals surface area contributed by atoms with E-state index >= 15 is 0 Å². The second-order valence-electron chi connectivity index (χ2n) is 5.37. The fourth-order valence-corrected chi connectivity index (χ4v) is 2.51. The summed E-state index contributed by atoms with van der Waals surface area (Å²) >= 11 is 0. The third-order valence-corrected chi connectivity index (χ3v) is 3.70. The van der Waals surface area contributed by atoms with Gasteiger partial charge in [0.2, 0.25) is 5.91 Å². The topological polar surface area (TPSA) is 68.3 Å². The van der Waals surface area contributed by atoms with Gasteiger partial charge in [-0.05, 0) is 29.8 Å². The second-order valence-corrected chi connectivity index (χ2v) is 5.37. The Morgan fingerprint density at radius 2 is 1.75 bits per heavy atom. The van der Waals surface area contributed by atoms with Gasteiger partial charge in [-0.15, -0.1) is 0 Å². The summed E-state index contributed by atoms with van der Waals surface area (Å²) in [6, 6.07) is 18.5. The summed E-state index contributed by atoms with van der Waals surface area (Å²) in [5.41, 5.74) is 6.65. The number of rotatable bonds is 6. The number of carbonyl (C=O) groups is 1. The van der Waals surface area contributed by atoms with E-state index in [0.29, 0.717) is 23.6 Å². The summed E-state index contributed by atoms with van der Waals surface area (Å²) < 4.78 is 19.5. The first-order valence-electron chi connectivity index (χ1n) is 7.56. The van der Waals surface area contributed by atoms with E-state index in [2.05, 4.69) is 5.32 Å². The molecule has 4 nitrogen and oxygen atoms in total. The van der Waals surface area contributed by atoms with Gasteiger partial charge in [0.05, 0.1) is 12.1 Å². The molecule has 1 unspecified atom stereocenters. The smallest absolute Gasteiger partial charge is 0.239 e. The number of benzene rings is 2. The van der Waals surface area contributed by atoms with Gasteiger partial charge in [0.1, 0.15) is 23.4 Å². The number of hydrogen-bond donors (Lipinski definition) is 2. The number of furan rings is 1. The summed E-state index contributed by atoms with van der Waals surface area (Å²) in [6.07, 6.45) is 0. The fourth-order valence-electron chi connectivity index (χ4n) is 2.51. The second kappa shape index (κ2) is 7.10. The van der Waals surface area contributed by atoms with Gasteiger partial charge in [0, 0.05) is 0 Å². The molecule has 3 N–H and O–H groups in total. The van der Waals surface area contributed by atoms with Crippen LogP contribution >= 0.6 is 0 Å². The van der Waals surface area contributed by atoms with Crippen LogP contribution in [0.1, 0.15) is 17.4 Å². The van der Waals surface area contributed by atoms with E-state index in [1.807, 2.05) is 30.3 Å². The molecular weight excluding hydrogens is 307 g/mol. The predicted octanol–water partition coefficient (Wildman–Crippen LogP) is 3.40. The van der Waals surface area contributed by atoms with Gasteiger partial charge in [0.15, 0.2) is 0 Å². The molecule has 0 aliphatic heterocycles. The van der Waals surface area contributed by atoms with Gasteiger partial charge in [-0.25, -0.2) is 4.39 Å². The molecule has 1 heterocycles. The number of nitrogens with one attached hydrogen (secondary N) is 1. The number of carbonyl (C=O) groups excluding carboxylic acids is 1. The number of nitrogens with two attached hydrogens (primary N) is 1. The zero-order chi connectivity index (χ0) is 16.9. The Kier molecular flexibility index (Phi) is 4.72. The molecule has 5 heteroatoms. The van der Waals surface area contributed by atoms with Gasteiger partial charge in [-0.3, -0.25) is 10.1 Å². The number of primary amides is 1. The van der Waals surface area contributed by atoms with Crippen LogP contribution in [0.25, 0.3) is 11.3 Å². The summed E-state index contributed by atoms with van der Waals surface area (Å²) in [6.45, 7) is 0.303. The molecule has 3 rings (SSSR count). The van der Waals surface area contributed by atoms with Crippen molar-refractivity contribution in [2.24, 2.45) is 5.73 Å². The lowest BCUT2D eigenvalue weighted by Gasteiger charge is -2.14. The minimum atomic E-state index is -0.617. The first-order valence-corrected chi connectivity index (χ1v) is 7.56. The molecule has 2 aromatic carbocycles. The molecule has 0 spiro atoms. The van der Waals surface area contributed by atoms with Crippen molar-refractivity contribution >= 4 is 5.91 Å². The van der Waals surface area contributed by atoms with Crippen LogP contribution in [0, 0.1) is 5.82 Å². The Hall–Kier alpha value is -2.92. The van der Waals surface area contributed by atoms with Crippen molar-refractivity contribution in [1.82, 2.24) is 5.32 Å². The Labute approximate surface area is 139 Å². The third kappa shape index (κ3) is 3.52. The van der Waals surface area contributed by atoms with Crippen molar-refractivity contribution in [2.75, 3.05) is 0 Å². The summed E-state index contributed by atoms with van der Waals surface area (Å²) in [7, 11) is 0. The largest absolute Gasteiger partial charge is 0.460 e. The molecule has 0 aliphatic rings. The molecular formula is C19H17FN2O2. The van der Waals surface area contributed by atoms with Crippen molar-refractivity contribution < 1.29 is 13.6 Å². The SMILES string of the molecule is NC(=O)C(NCc1ccc(-c2ccccc2F)o1)c1ccccc1. The zero-order valence-corrected chi connectivity index (χ0v) is 12.9. The maximum absolute atomic E-state index is 13.8. The first kappa shape index (κ1) is 16.0. The Balaban J connectivity index is 1.73. The highest BCUT2D eigenvalue weighted by molar-refractivity contribution is 5.81. The number of halogens is 1. The zero-order valence-electron chi connectivity index (χ0n) is 12.9. The monoisotopic (exact) mass is 324 g/mol. The van der Waals surface area contributed by atoms with E-state index < -0.39 is 11.9 Å². The van der Waals surface area contributed by atoms with Crippen molar-refractivity contribution in [3.05, 3.63) is 83.9 Å². The quantitative estimate of drug-likeness (QED) is 0.730. The van der Waals surface area contributed by atoms with Crippen LogP contribution in [0.4, 0.5) is 4.39 Å². The Bertz CT molecular complexity index is 830. The van der Waals surface area contributed by atoms with E-state index in [0.717, 1.165) is 5.56 Å². The van der Waals surface area contributed by atoms with Crippen LogP contribution in [0.15, 0.2) is 71.1 Å². The number of amides is 1. The van der Waals surface area contributed by atoms with E-state index in [9.17, 15) is 9.18 Å². The van der Waals surface area contributed by atoms with E-state index in [-0.39, 0.29) is 5.82 Å². The molecule has 3 aromatic rings. The van der Waals surface area contributed by atoms with Crippen molar-refractivity contribution in [2.45, 2.75) is 12.6 Å². The lowest BCUT2D eigenvalue weighted by atomic mass is 10.1. The van der Waals surface area contributed by atoms with E-state index in [1.165, 1.54) is 6.07 Å². The van der Waals surface area contributed by atoms with Crippen molar-refractivity contribution in [3.63, 3.8) is 0 Å². The molecule has 0 bridgehead atoms. The highest BCUT2D eigenvalue weighted by Gasteiger charge is 2.17. The molecule has 122 valence electrons. The van der Waals surface area contributed by atoms with Crippen LogP contribution in [-0.2, 0) is 11.3 Å². The van der Waals surface area contributed by atoms with Gasteiger partial charge in [-0.2, -0.15) is 0 Å². The summed E-state index contributed by atoms with van der Waals surface area (Å²) in [4.78, 5) is 11.7. The molecule has 1 aromatic heterocycles. The van der Waals surface area contributed by atoms with E-state index in [4.69, 9.17) is 10.2 Å². The van der Waals surface area contributed by atoms with Crippen molar-refractivity contribution in [3.8, 4) is 11.3 Å².